The Kier molecular flexibility index (Phi) is 3.03. The van der Waals surface area contributed by atoms with Crippen molar-refractivity contribution < 1.29 is 4.79 Å². The second-order valence-electron chi connectivity index (χ2n) is 6.55. The minimum atomic E-state index is 0.273. The maximum atomic E-state index is 12.4. The molecule has 2 fully saturated rings. The van der Waals surface area contributed by atoms with E-state index in [1.54, 1.807) is 0 Å². The molecule has 1 saturated carbocycles. The predicted molar refractivity (Wildman–Crippen MR) is 78.6 cm³/mol. The molecule has 0 unspecified atom stereocenters. The number of rotatable bonds is 3. The first-order valence-corrected chi connectivity index (χ1v) is 7.95. The summed E-state index contributed by atoms with van der Waals surface area (Å²) in [5, 5.41) is 3.41. The molecule has 0 spiro atoms. The van der Waals surface area contributed by atoms with Crippen molar-refractivity contribution in [1.29, 1.82) is 0 Å². The monoisotopic (exact) mass is 270 g/mol. The van der Waals surface area contributed by atoms with Crippen LogP contribution in [0.15, 0.2) is 18.2 Å². The molecule has 2 heterocycles. The van der Waals surface area contributed by atoms with Crippen molar-refractivity contribution in [3.8, 4) is 0 Å². The third-order valence-corrected chi connectivity index (χ3v) is 4.98. The summed E-state index contributed by atoms with van der Waals surface area (Å²) in [6.45, 7) is 3.13. The molecule has 0 atom stereocenters. The number of piperidine rings is 1. The standard InChI is InChI=1S/C17H22N2O/c20-17-16-10-13(9-12-5-7-18-8-6-12)1-2-14(16)11-19(17)15-3-4-15/h1-2,10,12,15,18H,3-9,11H2. The van der Waals surface area contributed by atoms with Crippen molar-refractivity contribution in [2.45, 2.75) is 44.7 Å². The third-order valence-electron chi connectivity index (χ3n) is 4.98. The summed E-state index contributed by atoms with van der Waals surface area (Å²) >= 11 is 0. The van der Waals surface area contributed by atoms with Crippen LogP contribution in [0.5, 0.6) is 0 Å². The van der Waals surface area contributed by atoms with Crippen LogP contribution in [-0.4, -0.2) is 29.9 Å². The second kappa shape index (κ2) is 4.88. The fraction of sp³-hybridized carbons (Fsp3) is 0.588. The highest BCUT2D eigenvalue weighted by atomic mass is 16.2. The predicted octanol–water partition coefficient (Wildman–Crippen LogP) is 2.35. The number of hydrogen-bond donors (Lipinski definition) is 1. The Hall–Kier alpha value is -1.35. The van der Waals surface area contributed by atoms with Crippen LogP contribution in [0.2, 0.25) is 0 Å². The molecular weight excluding hydrogens is 248 g/mol. The minimum absolute atomic E-state index is 0.273. The Morgan fingerprint density at radius 2 is 1.95 bits per heavy atom. The SMILES string of the molecule is O=C1c2cc(CC3CCNCC3)ccc2CN1C1CC1. The summed E-state index contributed by atoms with van der Waals surface area (Å²) in [5.41, 5.74) is 3.56. The van der Waals surface area contributed by atoms with Gasteiger partial charge in [0.15, 0.2) is 0 Å². The first-order chi connectivity index (χ1) is 9.81. The number of carbonyl (C=O) groups excluding carboxylic acids is 1. The number of benzene rings is 1. The van der Waals surface area contributed by atoms with Crippen molar-refractivity contribution in [3.05, 3.63) is 34.9 Å². The maximum Gasteiger partial charge on any atom is 0.254 e. The molecule has 0 radical (unpaired) electrons. The van der Waals surface area contributed by atoms with E-state index in [1.807, 2.05) is 0 Å². The molecule has 0 bridgehead atoms. The van der Waals surface area contributed by atoms with Gasteiger partial charge in [-0.1, -0.05) is 12.1 Å². The van der Waals surface area contributed by atoms with Gasteiger partial charge in [-0.05, 0) is 68.3 Å². The van der Waals surface area contributed by atoms with Gasteiger partial charge in [0.1, 0.15) is 0 Å². The van der Waals surface area contributed by atoms with Gasteiger partial charge in [-0.3, -0.25) is 4.79 Å². The zero-order valence-corrected chi connectivity index (χ0v) is 11.9. The van der Waals surface area contributed by atoms with Crippen LogP contribution >= 0.6 is 0 Å². The molecule has 1 amide bonds. The summed E-state index contributed by atoms with van der Waals surface area (Å²) in [6.07, 6.45) is 6.05. The van der Waals surface area contributed by atoms with E-state index in [9.17, 15) is 4.79 Å². The highest BCUT2D eigenvalue weighted by molar-refractivity contribution is 5.98. The molecule has 3 aliphatic rings. The molecule has 1 aliphatic carbocycles. The van der Waals surface area contributed by atoms with Crippen LogP contribution in [0.3, 0.4) is 0 Å². The van der Waals surface area contributed by atoms with Crippen LogP contribution in [-0.2, 0) is 13.0 Å². The lowest BCUT2D eigenvalue weighted by Crippen LogP contribution is -2.28. The average molecular weight is 270 g/mol. The van der Waals surface area contributed by atoms with Crippen molar-refractivity contribution in [1.82, 2.24) is 10.2 Å². The normalized spacial score (nSPS) is 23.2. The van der Waals surface area contributed by atoms with Crippen LogP contribution < -0.4 is 5.32 Å². The largest absolute Gasteiger partial charge is 0.331 e. The molecule has 1 saturated heterocycles. The van der Waals surface area contributed by atoms with Gasteiger partial charge in [0.05, 0.1) is 0 Å². The van der Waals surface area contributed by atoms with E-state index in [0.29, 0.717) is 6.04 Å². The fourth-order valence-electron chi connectivity index (χ4n) is 3.60. The summed E-state index contributed by atoms with van der Waals surface area (Å²) in [7, 11) is 0. The highest BCUT2D eigenvalue weighted by Crippen LogP contribution is 2.35. The van der Waals surface area contributed by atoms with Crippen LogP contribution in [0.25, 0.3) is 0 Å². The van der Waals surface area contributed by atoms with Gasteiger partial charge in [-0.25, -0.2) is 0 Å². The quantitative estimate of drug-likeness (QED) is 0.914. The summed E-state index contributed by atoms with van der Waals surface area (Å²) in [6, 6.07) is 7.13. The van der Waals surface area contributed by atoms with Gasteiger partial charge in [-0.15, -0.1) is 0 Å². The van der Waals surface area contributed by atoms with E-state index in [4.69, 9.17) is 0 Å². The van der Waals surface area contributed by atoms with Gasteiger partial charge in [0.2, 0.25) is 0 Å². The Balaban J connectivity index is 1.51. The third kappa shape index (κ3) is 2.24. The van der Waals surface area contributed by atoms with Crippen LogP contribution in [0, 0.1) is 5.92 Å². The molecule has 4 rings (SSSR count). The number of hydrogen-bond acceptors (Lipinski definition) is 2. The van der Waals surface area contributed by atoms with Crippen LogP contribution in [0.1, 0.15) is 47.2 Å². The molecule has 1 aromatic carbocycles. The Morgan fingerprint density at radius 1 is 1.15 bits per heavy atom. The van der Waals surface area contributed by atoms with Gasteiger partial charge >= 0.3 is 0 Å². The molecule has 3 heteroatoms. The molecule has 1 N–H and O–H groups in total. The van der Waals surface area contributed by atoms with Crippen LogP contribution in [0.4, 0.5) is 0 Å². The topological polar surface area (TPSA) is 32.3 Å². The van der Waals surface area contributed by atoms with Gasteiger partial charge in [0.25, 0.3) is 5.91 Å². The first-order valence-electron chi connectivity index (χ1n) is 7.95. The summed E-state index contributed by atoms with van der Waals surface area (Å²) in [5.74, 6) is 1.06. The average Bonchev–Trinajstić information content (AvgIpc) is 3.26. The zero-order valence-electron chi connectivity index (χ0n) is 11.9. The number of amides is 1. The maximum absolute atomic E-state index is 12.4. The molecule has 20 heavy (non-hydrogen) atoms. The molecular formula is C17H22N2O. The molecule has 3 nitrogen and oxygen atoms in total. The molecule has 1 aromatic rings. The van der Waals surface area contributed by atoms with Crippen molar-refractivity contribution in [2.24, 2.45) is 5.92 Å². The lowest BCUT2D eigenvalue weighted by molar-refractivity contribution is 0.0766. The minimum Gasteiger partial charge on any atom is -0.331 e. The smallest absolute Gasteiger partial charge is 0.254 e. The van der Waals surface area contributed by atoms with Crippen molar-refractivity contribution in [2.75, 3.05) is 13.1 Å². The van der Waals surface area contributed by atoms with Gasteiger partial charge in [-0.2, -0.15) is 0 Å². The lowest BCUT2D eigenvalue weighted by atomic mass is 9.90. The fourth-order valence-corrected chi connectivity index (χ4v) is 3.60. The van der Waals surface area contributed by atoms with E-state index in [-0.39, 0.29) is 5.91 Å². The Labute approximate surface area is 120 Å². The molecule has 106 valence electrons. The zero-order chi connectivity index (χ0) is 13.5. The van der Waals surface area contributed by atoms with Gasteiger partial charge < -0.3 is 10.2 Å². The second-order valence-corrected chi connectivity index (χ2v) is 6.55. The number of carbonyl (C=O) groups is 1. The lowest BCUT2D eigenvalue weighted by Gasteiger charge is -2.22. The van der Waals surface area contributed by atoms with Crippen molar-refractivity contribution in [3.63, 3.8) is 0 Å². The Bertz CT molecular complexity index is 530. The number of fused-ring (bicyclic) bond motifs is 1. The first kappa shape index (κ1) is 12.4. The van der Waals surface area contributed by atoms with Gasteiger partial charge in [0, 0.05) is 18.2 Å². The molecule has 2 aliphatic heterocycles. The highest BCUT2D eigenvalue weighted by Gasteiger charge is 2.38. The van der Waals surface area contributed by atoms with Crippen molar-refractivity contribution >= 4 is 5.91 Å². The van der Waals surface area contributed by atoms with E-state index >= 15 is 0 Å². The van der Waals surface area contributed by atoms with E-state index in [2.05, 4.69) is 28.4 Å². The van der Waals surface area contributed by atoms with E-state index in [1.165, 1.54) is 36.8 Å². The summed E-state index contributed by atoms with van der Waals surface area (Å²) in [4.78, 5) is 14.5. The summed E-state index contributed by atoms with van der Waals surface area (Å²) < 4.78 is 0. The number of nitrogens with zero attached hydrogens (tertiary/aromatic N) is 1. The number of nitrogens with one attached hydrogen (secondary N) is 1. The van der Waals surface area contributed by atoms with E-state index < -0.39 is 0 Å². The van der Waals surface area contributed by atoms with E-state index in [0.717, 1.165) is 37.5 Å². The Morgan fingerprint density at radius 3 is 2.70 bits per heavy atom. The molecule has 0 aromatic heterocycles.